The lowest BCUT2D eigenvalue weighted by molar-refractivity contribution is 0.0266. The number of aryl methyl sites for hydroxylation is 2. The van der Waals surface area contributed by atoms with Crippen LogP contribution in [-0.2, 0) is 12.8 Å². The van der Waals surface area contributed by atoms with Crippen molar-refractivity contribution in [3.63, 3.8) is 0 Å². The predicted molar refractivity (Wildman–Crippen MR) is 72.0 cm³/mol. The fourth-order valence-corrected chi connectivity index (χ4v) is 4.19. The van der Waals surface area contributed by atoms with E-state index in [4.69, 9.17) is 0 Å². The van der Waals surface area contributed by atoms with Crippen LogP contribution in [0.15, 0.2) is 6.07 Å². The summed E-state index contributed by atoms with van der Waals surface area (Å²) in [5, 5.41) is 9.26. The molecule has 0 aromatic carbocycles. The Morgan fingerprint density at radius 1 is 1.50 bits per heavy atom. The molecular formula is C14H19NO2S. The Morgan fingerprint density at radius 2 is 2.28 bits per heavy atom. The van der Waals surface area contributed by atoms with E-state index in [1.807, 2.05) is 11.9 Å². The lowest BCUT2D eigenvalue weighted by Crippen LogP contribution is -2.39. The number of carbonyl (C=O) groups excluding carboxylic acids is 1. The van der Waals surface area contributed by atoms with Gasteiger partial charge in [-0.05, 0) is 49.7 Å². The van der Waals surface area contributed by atoms with Crippen molar-refractivity contribution in [2.24, 2.45) is 5.92 Å². The minimum Gasteiger partial charge on any atom is -0.393 e. The van der Waals surface area contributed by atoms with Gasteiger partial charge in [0.05, 0.1) is 11.0 Å². The zero-order valence-electron chi connectivity index (χ0n) is 10.7. The highest BCUT2D eigenvalue weighted by molar-refractivity contribution is 7.14. The molecule has 0 spiro atoms. The molecule has 1 heterocycles. The summed E-state index contributed by atoms with van der Waals surface area (Å²) in [6.45, 7) is 0.776. The Kier molecular flexibility index (Phi) is 3.16. The van der Waals surface area contributed by atoms with Crippen molar-refractivity contribution in [3.05, 3.63) is 21.4 Å². The van der Waals surface area contributed by atoms with Crippen molar-refractivity contribution in [2.45, 2.75) is 38.2 Å². The fraction of sp³-hybridized carbons (Fsp3) is 0.643. The third-order valence-electron chi connectivity index (χ3n) is 4.05. The Morgan fingerprint density at radius 3 is 2.94 bits per heavy atom. The first-order valence-corrected chi connectivity index (χ1v) is 7.50. The maximum Gasteiger partial charge on any atom is 0.263 e. The van der Waals surface area contributed by atoms with Gasteiger partial charge in [-0.25, -0.2) is 0 Å². The van der Waals surface area contributed by atoms with Crippen LogP contribution in [0.3, 0.4) is 0 Å². The van der Waals surface area contributed by atoms with E-state index in [1.54, 1.807) is 11.3 Å². The number of aliphatic hydroxyl groups excluding tert-OH is 1. The second kappa shape index (κ2) is 4.67. The molecule has 0 saturated heterocycles. The van der Waals surface area contributed by atoms with Gasteiger partial charge in [0.25, 0.3) is 5.91 Å². The summed E-state index contributed by atoms with van der Waals surface area (Å²) >= 11 is 1.67. The summed E-state index contributed by atoms with van der Waals surface area (Å²) in [6, 6.07) is 2.08. The Hall–Kier alpha value is -0.870. The number of fused-ring (bicyclic) bond motifs is 1. The molecular weight excluding hydrogens is 246 g/mol. The Bertz CT molecular complexity index is 441. The number of hydrogen-bond acceptors (Lipinski definition) is 3. The minimum atomic E-state index is -0.135. The van der Waals surface area contributed by atoms with Crippen LogP contribution in [0.4, 0.5) is 0 Å². The van der Waals surface area contributed by atoms with E-state index in [0.717, 1.165) is 37.1 Å². The Balaban J connectivity index is 1.62. The topological polar surface area (TPSA) is 40.5 Å². The molecule has 0 radical (unpaired) electrons. The second-order valence-electron chi connectivity index (χ2n) is 5.59. The standard InChI is InChI=1S/C14H19NO2S/c1-15(8-9-5-11(16)6-9)14(17)13-7-10-3-2-4-12(10)18-13/h7,9,11,16H,2-6,8H2,1H3. The highest BCUT2D eigenvalue weighted by atomic mass is 32.1. The smallest absolute Gasteiger partial charge is 0.263 e. The van der Waals surface area contributed by atoms with Crippen LogP contribution in [0.5, 0.6) is 0 Å². The molecule has 1 aromatic heterocycles. The van der Waals surface area contributed by atoms with Gasteiger partial charge in [0.1, 0.15) is 0 Å². The van der Waals surface area contributed by atoms with Crippen LogP contribution in [0.25, 0.3) is 0 Å². The number of carbonyl (C=O) groups is 1. The molecule has 3 nitrogen and oxygen atoms in total. The van der Waals surface area contributed by atoms with Crippen LogP contribution in [-0.4, -0.2) is 35.6 Å². The number of amides is 1. The van der Waals surface area contributed by atoms with E-state index in [-0.39, 0.29) is 12.0 Å². The first-order valence-electron chi connectivity index (χ1n) is 6.68. The zero-order chi connectivity index (χ0) is 12.7. The highest BCUT2D eigenvalue weighted by Crippen LogP contribution is 2.32. The normalized spacial score (nSPS) is 25.7. The van der Waals surface area contributed by atoms with Crippen LogP contribution in [0, 0.1) is 5.92 Å². The summed E-state index contributed by atoms with van der Waals surface area (Å²) in [7, 11) is 1.87. The van der Waals surface area contributed by atoms with Gasteiger partial charge in [-0.1, -0.05) is 0 Å². The predicted octanol–water partition coefficient (Wildman–Crippen LogP) is 2.08. The number of nitrogens with zero attached hydrogens (tertiary/aromatic N) is 1. The van der Waals surface area contributed by atoms with Gasteiger partial charge in [-0.3, -0.25) is 4.79 Å². The van der Waals surface area contributed by atoms with Crippen LogP contribution in [0.2, 0.25) is 0 Å². The number of rotatable bonds is 3. The van der Waals surface area contributed by atoms with E-state index in [1.165, 1.54) is 16.9 Å². The molecule has 1 amide bonds. The number of hydrogen-bond donors (Lipinski definition) is 1. The number of aliphatic hydroxyl groups is 1. The van der Waals surface area contributed by atoms with E-state index in [9.17, 15) is 9.90 Å². The van der Waals surface area contributed by atoms with Crippen molar-refractivity contribution >= 4 is 17.2 Å². The third-order valence-corrected chi connectivity index (χ3v) is 5.27. The lowest BCUT2D eigenvalue weighted by atomic mass is 9.82. The molecule has 4 heteroatoms. The van der Waals surface area contributed by atoms with Gasteiger partial charge in [-0.2, -0.15) is 0 Å². The van der Waals surface area contributed by atoms with Gasteiger partial charge in [0.2, 0.25) is 0 Å². The quantitative estimate of drug-likeness (QED) is 0.909. The molecule has 2 aliphatic carbocycles. The van der Waals surface area contributed by atoms with Crippen molar-refractivity contribution in [1.29, 1.82) is 0 Å². The van der Waals surface area contributed by atoms with E-state index >= 15 is 0 Å². The lowest BCUT2D eigenvalue weighted by Gasteiger charge is -2.34. The van der Waals surface area contributed by atoms with Gasteiger partial charge in [0, 0.05) is 18.5 Å². The van der Waals surface area contributed by atoms with E-state index in [0.29, 0.717) is 5.92 Å². The summed E-state index contributed by atoms with van der Waals surface area (Å²) in [6.07, 6.45) is 5.08. The maximum absolute atomic E-state index is 12.3. The molecule has 3 rings (SSSR count). The highest BCUT2D eigenvalue weighted by Gasteiger charge is 2.30. The monoisotopic (exact) mass is 265 g/mol. The molecule has 1 aromatic rings. The SMILES string of the molecule is CN(CC1CC(O)C1)C(=O)c1cc2c(s1)CCC2. The average Bonchev–Trinajstić information content (AvgIpc) is 2.85. The van der Waals surface area contributed by atoms with Gasteiger partial charge in [-0.15, -0.1) is 11.3 Å². The van der Waals surface area contributed by atoms with E-state index in [2.05, 4.69) is 6.07 Å². The maximum atomic E-state index is 12.3. The summed E-state index contributed by atoms with van der Waals surface area (Å²) in [5.41, 5.74) is 1.39. The fourth-order valence-electron chi connectivity index (χ4n) is 2.94. The number of thiophene rings is 1. The molecule has 1 N–H and O–H groups in total. The van der Waals surface area contributed by atoms with Crippen molar-refractivity contribution < 1.29 is 9.90 Å². The summed E-state index contributed by atoms with van der Waals surface area (Å²) in [5.74, 6) is 0.636. The van der Waals surface area contributed by atoms with E-state index < -0.39 is 0 Å². The van der Waals surface area contributed by atoms with Crippen molar-refractivity contribution in [2.75, 3.05) is 13.6 Å². The molecule has 98 valence electrons. The zero-order valence-corrected chi connectivity index (χ0v) is 11.5. The second-order valence-corrected chi connectivity index (χ2v) is 6.73. The van der Waals surface area contributed by atoms with Crippen molar-refractivity contribution in [1.82, 2.24) is 4.90 Å². The largest absolute Gasteiger partial charge is 0.393 e. The molecule has 0 atom stereocenters. The van der Waals surface area contributed by atoms with Crippen LogP contribution >= 0.6 is 11.3 Å². The first-order chi connectivity index (χ1) is 8.63. The van der Waals surface area contributed by atoms with Gasteiger partial charge >= 0.3 is 0 Å². The Labute approximate surface area is 111 Å². The third kappa shape index (κ3) is 2.19. The molecule has 2 aliphatic rings. The van der Waals surface area contributed by atoms with Crippen LogP contribution < -0.4 is 0 Å². The molecule has 18 heavy (non-hydrogen) atoms. The van der Waals surface area contributed by atoms with Crippen LogP contribution in [0.1, 0.15) is 39.4 Å². The molecule has 1 fully saturated rings. The summed E-state index contributed by atoms with van der Waals surface area (Å²) in [4.78, 5) is 16.4. The molecule has 0 bridgehead atoms. The molecule has 0 aliphatic heterocycles. The van der Waals surface area contributed by atoms with Gasteiger partial charge in [0.15, 0.2) is 0 Å². The van der Waals surface area contributed by atoms with Gasteiger partial charge < -0.3 is 10.0 Å². The first kappa shape index (κ1) is 12.2. The summed E-state index contributed by atoms with van der Waals surface area (Å²) < 4.78 is 0. The average molecular weight is 265 g/mol. The molecule has 0 unspecified atom stereocenters. The van der Waals surface area contributed by atoms with Crippen molar-refractivity contribution in [3.8, 4) is 0 Å². The minimum absolute atomic E-state index is 0.135. The molecule has 1 saturated carbocycles.